The summed E-state index contributed by atoms with van der Waals surface area (Å²) in [6.07, 6.45) is 1.21. The first-order chi connectivity index (χ1) is 4.29. The van der Waals surface area contributed by atoms with Crippen molar-refractivity contribution in [1.82, 2.24) is 4.90 Å². The molecule has 0 amide bonds. The molecule has 1 fully saturated rings. The maximum Gasteiger partial charge on any atom is 0.0987 e. The third-order valence-corrected chi connectivity index (χ3v) is 1.69. The van der Waals surface area contributed by atoms with Gasteiger partial charge < -0.3 is 4.74 Å². The van der Waals surface area contributed by atoms with Crippen LogP contribution in [-0.4, -0.2) is 31.8 Å². The lowest BCUT2D eigenvalue weighted by atomic mass is 10.1. The van der Waals surface area contributed by atoms with Gasteiger partial charge in [-0.15, -0.1) is 0 Å². The summed E-state index contributed by atoms with van der Waals surface area (Å²) >= 11 is 0. The van der Waals surface area contributed by atoms with Gasteiger partial charge in [0.15, 0.2) is 0 Å². The molecule has 9 heavy (non-hydrogen) atoms. The van der Waals surface area contributed by atoms with Crippen molar-refractivity contribution in [2.24, 2.45) is 5.92 Å². The molecular weight excluding hydrogens is 114 g/mol. The van der Waals surface area contributed by atoms with E-state index in [-0.39, 0.29) is 0 Å². The molecule has 1 atom stereocenters. The van der Waals surface area contributed by atoms with Crippen molar-refractivity contribution in [3.05, 3.63) is 0 Å². The maximum absolute atomic E-state index is 5.30. The van der Waals surface area contributed by atoms with E-state index >= 15 is 0 Å². The lowest BCUT2D eigenvalue weighted by molar-refractivity contribution is 0.0645. The van der Waals surface area contributed by atoms with Crippen LogP contribution in [0.2, 0.25) is 0 Å². The Labute approximate surface area is 56.8 Å². The Balaban J connectivity index is 2.29. The lowest BCUT2D eigenvalue weighted by Gasteiger charge is -2.14. The molecule has 1 aliphatic heterocycles. The van der Waals surface area contributed by atoms with Gasteiger partial charge in [-0.2, -0.15) is 0 Å². The van der Waals surface area contributed by atoms with E-state index in [4.69, 9.17) is 4.74 Å². The zero-order valence-electron chi connectivity index (χ0n) is 6.26. The number of rotatable bonds is 0. The quantitative estimate of drug-likeness (QED) is 0.482. The Morgan fingerprint density at radius 2 is 2.33 bits per heavy atom. The highest BCUT2D eigenvalue weighted by atomic mass is 16.5. The van der Waals surface area contributed by atoms with Crippen LogP contribution in [0.4, 0.5) is 0 Å². The SMILES string of the molecule is CC1CCOCN(C)C1. The van der Waals surface area contributed by atoms with E-state index in [1.807, 2.05) is 0 Å². The second kappa shape index (κ2) is 3.18. The minimum absolute atomic E-state index is 0.803. The molecule has 0 aromatic carbocycles. The van der Waals surface area contributed by atoms with E-state index in [1.54, 1.807) is 0 Å². The minimum Gasteiger partial charge on any atom is -0.366 e. The molecule has 0 N–H and O–H groups in total. The van der Waals surface area contributed by atoms with E-state index in [0.29, 0.717) is 0 Å². The second-order valence-corrected chi connectivity index (χ2v) is 2.97. The van der Waals surface area contributed by atoms with E-state index in [1.165, 1.54) is 13.0 Å². The third-order valence-electron chi connectivity index (χ3n) is 1.69. The standard InChI is InChI=1S/C7H15NO/c1-7-3-4-9-6-8(2)5-7/h7H,3-6H2,1-2H3. The van der Waals surface area contributed by atoms with Crippen LogP contribution in [0, 0.1) is 5.92 Å². The van der Waals surface area contributed by atoms with E-state index < -0.39 is 0 Å². The Hall–Kier alpha value is -0.0800. The number of hydrogen-bond acceptors (Lipinski definition) is 2. The highest BCUT2D eigenvalue weighted by Gasteiger charge is 2.09. The number of ether oxygens (including phenoxy) is 1. The molecule has 0 aromatic heterocycles. The number of hydrogen-bond donors (Lipinski definition) is 0. The average molecular weight is 129 g/mol. The van der Waals surface area contributed by atoms with Crippen molar-refractivity contribution in [2.75, 3.05) is 26.9 Å². The average Bonchev–Trinajstić information content (AvgIpc) is 1.93. The fraction of sp³-hybridized carbons (Fsp3) is 1.00. The molecule has 2 heteroatoms. The molecule has 0 aliphatic carbocycles. The molecule has 54 valence electrons. The molecule has 0 spiro atoms. The molecule has 1 aliphatic rings. The van der Waals surface area contributed by atoms with Gasteiger partial charge >= 0.3 is 0 Å². The first-order valence-corrected chi connectivity index (χ1v) is 3.55. The zero-order valence-corrected chi connectivity index (χ0v) is 6.26. The summed E-state index contributed by atoms with van der Waals surface area (Å²) in [4.78, 5) is 2.22. The van der Waals surface area contributed by atoms with E-state index in [9.17, 15) is 0 Å². The molecule has 1 heterocycles. The van der Waals surface area contributed by atoms with Crippen molar-refractivity contribution in [3.8, 4) is 0 Å². The Morgan fingerprint density at radius 1 is 1.56 bits per heavy atom. The Bertz CT molecular complexity index is 75.0. The normalized spacial score (nSPS) is 32.0. The Kier molecular flexibility index (Phi) is 2.49. The van der Waals surface area contributed by atoms with Crippen LogP contribution in [0.25, 0.3) is 0 Å². The smallest absolute Gasteiger partial charge is 0.0987 e. The van der Waals surface area contributed by atoms with Crippen molar-refractivity contribution in [1.29, 1.82) is 0 Å². The topological polar surface area (TPSA) is 12.5 Å². The molecule has 0 saturated carbocycles. The molecule has 1 unspecified atom stereocenters. The van der Waals surface area contributed by atoms with Crippen molar-refractivity contribution >= 4 is 0 Å². The summed E-state index contributed by atoms with van der Waals surface area (Å²) in [5.41, 5.74) is 0. The van der Waals surface area contributed by atoms with Crippen molar-refractivity contribution < 1.29 is 4.74 Å². The lowest BCUT2D eigenvalue weighted by Crippen LogP contribution is -2.23. The van der Waals surface area contributed by atoms with Crippen LogP contribution in [0.3, 0.4) is 0 Å². The first kappa shape index (κ1) is 7.03. The molecule has 0 bridgehead atoms. The second-order valence-electron chi connectivity index (χ2n) is 2.97. The van der Waals surface area contributed by atoms with Gasteiger partial charge in [0.2, 0.25) is 0 Å². The van der Waals surface area contributed by atoms with Gasteiger partial charge in [-0.25, -0.2) is 0 Å². The van der Waals surface area contributed by atoms with Crippen molar-refractivity contribution in [2.45, 2.75) is 13.3 Å². The van der Waals surface area contributed by atoms with Crippen molar-refractivity contribution in [3.63, 3.8) is 0 Å². The highest BCUT2D eigenvalue weighted by Crippen LogP contribution is 2.07. The maximum atomic E-state index is 5.30. The van der Waals surface area contributed by atoms with E-state index in [2.05, 4.69) is 18.9 Å². The monoisotopic (exact) mass is 129 g/mol. The molecular formula is C7H15NO. The molecule has 0 aromatic rings. The fourth-order valence-electron chi connectivity index (χ4n) is 1.18. The van der Waals surface area contributed by atoms with Gasteiger partial charge in [-0.3, -0.25) is 4.90 Å². The molecule has 2 nitrogen and oxygen atoms in total. The zero-order chi connectivity index (χ0) is 6.69. The summed E-state index contributed by atoms with van der Waals surface area (Å²) in [5.74, 6) is 0.803. The summed E-state index contributed by atoms with van der Waals surface area (Å²) in [7, 11) is 2.10. The first-order valence-electron chi connectivity index (χ1n) is 3.55. The summed E-state index contributed by atoms with van der Waals surface area (Å²) in [6.45, 7) is 5.20. The summed E-state index contributed by atoms with van der Waals surface area (Å²) in [5, 5.41) is 0. The third kappa shape index (κ3) is 2.33. The van der Waals surface area contributed by atoms with Gasteiger partial charge in [-0.05, 0) is 19.4 Å². The van der Waals surface area contributed by atoms with Crippen LogP contribution >= 0.6 is 0 Å². The molecule has 0 radical (unpaired) electrons. The number of nitrogens with zero attached hydrogens (tertiary/aromatic N) is 1. The molecule has 1 saturated heterocycles. The minimum atomic E-state index is 0.803. The van der Waals surface area contributed by atoms with Crippen LogP contribution in [-0.2, 0) is 4.74 Å². The van der Waals surface area contributed by atoms with Gasteiger partial charge in [0.25, 0.3) is 0 Å². The van der Waals surface area contributed by atoms with Crippen LogP contribution in [0.1, 0.15) is 13.3 Å². The van der Waals surface area contributed by atoms with Gasteiger partial charge in [0.05, 0.1) is 6.73 Å². The van der Waals surface area contributed by atoms with Crippen LogP contribution in [0.15, 0.2) is 0 Å². The van der Waals surface area contributed by atoms with Crippen LogP contribution < -0.4 is 0 Å². The van der Waals surface area contributed by atoms with Gasteiger partial charge in [0.1, 0.15) is 0 Å². The summed E-state index contributed by atoms with van der Waals surface area (Å²) < 4.78 is 5.30. The van der Waals surface area contributed by atoms with Gasteiger partial charge in [-0.1, -0.05) is 6.92 Å². The fourth-order valence-corrected chi connectivity index (χ4v) is 1.18. The van der Waals surface area contributed by atoms with E-state index in [0.717, 1.165) is 19.3 Å². The summed E-state index contributed by atoms with van der Waals surface area (Å²) in [6, 6.07) is 0. The predicted octanol–water partition coefficient (Wildman–Crippen LogP) is 0.932. The molecule has 1 rings (SSSR count). The van der Waals surface area contributed by atoms with Gasteiger partial charge in [0, 0.05) is 13.2 Å². The Morgan fingerprint density at radius 3 is 3.11 bits per heavy atom. The predicted molar refractivity (Wildman–Crippen MR) is 37.2 cm³/mol. The highest BCUT2D eigenvalue weighted by molar-refractivity contribution is 4.59. The van der Waals surface area contributed by atoms with Crippen LogP contribution in [0.5, 0.6) is 0 Å². The largest absolute Gasteiger partial charge is 0.366 e.